The number of carbonyl (C=O) groups excluding carboxylic acids is 1. The number of methoxy groups -OCH3 is 2. The molecule has 0 saturated heterocycles. The van der Waals surface area contributed by atoms with Gasteiger partial charge in [-0.2, -0.15) is 0 Å². The van der Waals surface area contributed by atoms with Crippen molar-refractivity contribution in [3.8, 4) is 11.5 Å². The van der Waals surface area contributed by atoms with Gasteiger partial charge in [-0.25, -0.2) is 0 Å². The summed E-state index contributed by atoms with van der Waals surface area (Å²) >= 11 is 0. The van der Waals surface area contributed by atoms with Gasteiger partial charge in [0.25, 0.3) is 0 Å². The van der Waals surface area contributed by atoms with Crippen molar-refractivity contribution in [1.29, 1.82) is 0 Å². The Kier molecular flexibility index (Phi) is 7.93. The van der Waals surface area contributed by atoms with Crippen LogP contribution in [0.4, 0.5) is 0 Å². The van der Waals surface area contributed by atoms with E-state index in [1.807, 2.05) is 74.5 Å². The van der Waals surface area contributed by atoms with Crippen molar-refractivity contribution in [2.45, 2.75) is 25.7 Å². The first kappa shape index (κ1) is 23.8. The molecule has 32 heavy (non-hydrogen) atoms. The molecule has 0 saturated carbocycles. The quantitative estimate of drug-likeness (QED) is 0.318. The fourth-order valence-electron chi connectivity index (χ4n) is 4.16. The van der Waals surface area contributed by atoms with Crippen molar-refractivity contribution < 1.29 is 18.8 Å². The van der Waals surface area contributed by atoms with E-state index >= 15 is 0 Å². The van der Waals surface area contributed by atoms with Crippen LogP contribution in [0.15, 0.2) is 78.9 Å². The monoisotopic (exact) mass is 450 g/mol. The van der Waals surface area contributed by atoms with Gasteiger partial charge in [-0.3, -0.25) is 4.79 Å². The summed E-state index contributed by atoms with van der Waals surface area (Å²) in [4.78, 5) is 13.9. The van der Waals surface area contributed by atoms with E-state index in [1.54, 1.807) is 18.2 Å². The topological polar surface area (TPSA) is 52.6 Å². The molecule has 2 atom stereocenters. The maximum absolute atomic E-state index is 14.6. The molecule has 4 nitrogen and oxygen atoms in total. The van der Waals surface area contributed by atoms with Crippen LogP contribution in [0.25, 0.3) is 0 Å². The van der Waals surface area contributed by atoms with Gasteiger partial charge in [-0.15, -0.1) is 0 Å². The lowest BCUT2D eigenvalue weighted by molar-refractivity contribution is 0.106. The van der Waals surface area contributed by atoms with Crippen molar-refractivity contribution in [1.82, 2.24) is 0 Å². The molecular weight excluding hydrogens is 419 g/mol. The molecule has 0 aliphatic carbocycles. The summed E-state index contributed by atoms with van der Waals surface area (Å²) in [6, 6.07) is 25.0. The van der Waals surface area contributed by atoms with Crippen molar-refractivity contribution >= 4 is 12.7 Å². The maximum Gasteiger partial charge on any atom is 0.228 e. The smallest absolute Gasteiger partial charge is 0.228 e. The Labute approximate surface area is 191 Å². The Morgan fingerprint density at radius 1 is 0.719 bits per heavy atom. The van der Waals surface area contributed by atoms with Gasteiger partial charge in [-0.05, 0) is 35.1 Å². The van der Waals surface area contributed by atoms with Crippen LogP contribution in [0.2, 0.25) is 0 Å². The van der Waals surface area contributed by atoms with Crippen LogP contribution in [0.3, 0.4) is 0 Å². The lowest BCUT2D eigenvalue weighted by Gasteiger charge is -2.25. The van der Waals surface area contributed by atoms with Gasteiger partial charge in [0.05, 0.1) is 14.2 Å². The SMILES string of the molecule is COc1cccc(OC)c1C(=O)P(=O)(CC(C)c1ccccc1)CC(C)c1ccccc1. The molecule has 0 bridgehead atoms. The number of rotatable bonds is 10. The number of hydrogen-bond donors (Lipinski definition) is 0. The van der Waals surface area contributed by atoms with Crippen LogP contribution in [0, 0.1) is 0 Å². The summed E-state index contributed by atoms with van der Waals surface area (Å²) in [6.07, 6.45) is 0.572. The Bertz CT molecular complexity index is 1010. The van der Waals surface area contributed by atoms with E-state index in [0.717, 1.165) is 11.1 Å². The minimum Gasteiger partial charge on any atom is -0.496 e. The van der Waals surface area contributed by atoms with Gasteiger partial charge in [-0.1, -0.05) is 80.6 Å². The predicted octanol–water partition coefficient (Wildman–Crippen LogP) is 6.81. The first-order chi connectivity index (χ1) is 15.4. The largest absolute Gasteiger partial charge is 0.496 e. The van der Waals surface area contributed by atoms with Crippen LogP contribution in [0.5, 0.6) is 11.5 Å². The van der Waals surface area contributed by atoms with Crippen molar-refractivity contribution in [2.24, 2.45) is 0 Å². The van der Waals surface area contributed by atoms with E-state index < -0.39 is 7.14 Å². The second-order valence-corrected chi connectivity index (χ2v) is 11.1. The Morgan fingerprint density at radius 2 is 1.12 bits per heavy atom. The van der Waals surface area contributed by atoms with Gasteiger partial charge in [0.2, 0.25) is 5.52 Å². The molecule has 0 N–H and O–H groups in total. The average Bonchev–Trinajstić information content (AvgIpc) is 2.83. The predicted molar refractivity (Wildman–Crippen MR) is 131 cm³/mol. The number of hydrogen-bond acceptors (Lipinski definition) is 4. The molecule has 0 aliphatic heterocycles. The standard InChI is InChI=1S/C27H31O4P/c1-20(22-12-7-5-8-13-22)18-32(29,19-21(2)23-14-9-6-10-15-23)27(28)26-24(30-3)16-11-17-25(26)31-4/h5-17,20-21H,18-19H2,1-4H3. The molecule has 2 unspecified atom stereocenters. The van der Waals surface area contributed by atoms with Gasteiger partial charge in [0.1, 0.15) is 17.1 Å². The molecule has 0 spiro atoms. The van der Waals surface area contributed by atoms with Crippen molar-refractivity contribution in [3.05, 3.63) is 95.6 Å². The molecule has 3 aromatic carbocycles. The molecule has 0 aliphatic rings. The van der Waals surface area contributed by atoms with Crippen molar-refractivity contribution in [3.63, 3.8) is 0 Å². The highest BCUT2D eigenvalue weighted by atomic mass is 31.2. The number of benzene rings is 3. The lowest BCUT2D eigenvalue weighted by Crippen LogP contribution is -2.16. The first-order valence-electron chi connectivity index (χ1n) is 10.8. The lowest BCUT2D eigenvalue weighted by atomic mass is 10.0. The molecule has 0 fully saturated rings. The number of ether oxygens (including phenoxy) is 2. The van der Waals surface area contributed by atoms with E-state index in [0.29, 0.717) is 11.5 Å². The van der Waals surface area contributed by atoms with Gasteiger partial charge < -0.3 is 14.0 Å². The third-order valence-electron chi connectivity index (χ3n) is 5.89. The Balaban J connectivity index is 2.04. The zero-order valence-corrected chi connectivity index (χ0v) is 20.0. The first-order valence-corrected chi connectivity index (χ1v) is 12.9. The molecule has 0 aromatic heterocycles. The normalized spacial score (nSPS) is 14.8. The highest BCUT2D eigenvalue weighted by molar-refractivity contribution is 7.81. The van der Waals surface area contributed by atoms with Crippen LogP contribution < -0.4 is 9.47 Å². The maximum atomic E-state index is 14.6. The van der Waals surface area contributed by atoms with Crippen molar-refractivity contribution in [2.75, 3.05) is 26.5 Å². The minimum atomic E-state index is -3.35. The third-order valence-corrected chi connectivity index (χ3v) is 9.13. The molecular formula is C27H31O4P. The molecule has 5 heteroatoms. The summed E-state index contributed by atoms with van der Waals surface area (Å²) in [5.41, 5.74) is 2.03. The fraction of sp³-hybridized carbons (Fsp3) is 0.296. The van der Waals surface area contributed by atoms with Gasteiger partial charge in [0.15, 0.2) is 7.14 Å². The van der Waals surface area contributed by atoms with E-state index in [4.69, 9.17) is 9.47 Å². The second kappa shape index (κ2) is 10.7. The molecule has 0 heterocycles. The summed E-state index contributed by atoms with van der Waals surface area (Å²) in [5, 5.41) is 0. The summed E-state index contributed by atoms with van der Waals surface area (Å²) in [6.45, 7) is 4.06. The Hall–Kier alpha value is -2.84. The molecule has 3 rings (SSSR count). The average molecular weight is 451 g/mol. The fourth-order valence-corrected chi connectivity index (χ4v) is 7.46. The summed E-state index contributed by atoms with van der Waals surface area (Å²) in [7, 11) is -0.335. The van der Waals surface area contributed by atoms with E-state index in [9.17, 15) is 9.36 Å². The Morgan fingerprint density at radius 3 is 1.50 bits per heavy atom. The molecule has 0 amide bonds. The van der Waals surface area contributed by atoms with Crippen LogP contribution >= 0.6 is 7.14 Å². The van der Waals surface area contributed by atoms with E-state index in [-0.39, 0.29) is 35.2 Å². The summed E-state index contributed by atoms with van der Waals surface area (Å²) < 4.78 is 25.5. The third kappa shape index (κ3) is 5.31. The van der Waals surface area contributed by atoms with Crippen LogP contribution in [-0.4, -0.2) is 32.1 Å². The van der Waals surface area contributed by atoms with Gasteiger partial charge in [0, 0.05) is 12.3 Å². The highest BCUT2D eigenvalue weighted by Crippen LogP contribution is 2.56. The van der Waals surface area contributed by atoms with Crippen LogP contribution in [-0.2, 0) is 4.57 Å². The molecule has 0 radical (unpaired) electrons. The zero-order chi connectivity index (χ0) is 23.1. The van der Waals surface area contributed by atoms with E-state index in [1.165, 1.54) is 14.2 Å². The van der Waals surface area contributed by atoms with Gasteiger partial charge >= 0.3 is 0 Å². The second-order valence-electron chi connectivity index (χ2n) is 8.22. The molecule has 168 valence electrons. The highest BCUT2D eigenvalue weighted by Gasteiger charge is 2.39. The molecule has 3 aromatic rings. The zero-order valence-electron chi connectivity index (χ0n) is 19.2. The number of carbonyl (C=O) groups is 1. The van der Waals surface area contributed by atoms with E-state index in [2.05, 4.69) is 0 Å². The van der Waals surface area contributed by atoms with Crippen LogP contribution in [0.1, 0.15) is 47.2 Å². The minimum absolute atomic E-state index is 0.0327. The summed E-state index contributed by atoms with van der Waals surface area (Å²) in [5.74, 6) is 0.702.